The molecule has 1 atom stereocenters. The van der Waals surface area contributed by atoms with Crippen molar-refractivity contribution in [3.8, 4) is 0 Å². The Hall–Kier alpha value is -0.940. The van der Waals surface area contributed by atoms with Crippen molar-refractivity contribution in [1.29, 1.82) is 0 Å². The molecule has 1 heterocycles. The second-order valence-corrected chi connectivity index (χ2v) is 10.9. The summed E-state index contributed by atoms with van der Waals surface area (Å²) >= 11 is -1.53. The third kappa shape index (κ3) is 2.37. The van der Waals surface area contributed by atoms with Crippen LogP contribution in [0.5, 0.6) is 0 Å². The van der Waals surface area contributed by atoms with Gasteiger partial charge in [-0.15, -0.1) is 0 Å². The molecule has 0 saturated heterocycles. The van der Waals surface area contributed by atoms with Crippen molar-refractivity contribution < 1.29 is 4.39 Å². The SMILES string of the molecule is CCI1c2ccccc2CC(CN)c2ccc(F)cc21. The van der Waals surface area contributed by atoms with Gasteiger partial charge in [0.15, 0.2) is 0 Å². The van der Waals surface area contributed by atoms with Gasteiger partial charge < -0.3 is 0 Å². The molecule has 0 aliphatic carbocycles. The van der Waals surface area contributed by atoms with Crippen LogP contribution in [0.3, 0.4) is 0 Å². The standard InChI is InChI=1S/C17H19FIN/c1-2-19-16-6-4-3-5-12(16)9-13(11-20)15-8-7-14(18)10-17(15)19/h3-8,10,13H,2,9,11,20H2,1H3. The molecule has 0 aromatic heterocycles. The summed E-state index contributed by atoms with van der Waals surface area (Å²) in [7, 11) is 0. The van der Waals surface area contributed by atoms with Crippen LogP contribution in [0.25, 0.3) is 0 Å². The van der Waals surface area contributed by atoms with Crippen molar-refractivity contribution in [2.24, 2.45) is 5.73 Å². The van der Waals surface area contributed by atoms with Gasteiger partial charge in [-0.2, -0.15) is 0 Å². The molecule has 0 spiro atoms. The van der Waals surface area contributed by atoms with Gasteiger partial charge >= 0.3 is 127 Å². The van der Waals surface area contributed by atoms with Crippen LogP contribution in [-0.4, -0.2) is 11.0 Å². The summed E-state index contributed by atoms with van der Waals surface area (Å²) in [6.07, 6.45) is 0.985. The molecule has 2 N–H and O–H groups in total. The molecule has 2 aromatic carbocycles. The van der Waals surface area contributed by atoms with Crippen LogP contribution >= 0.6 is 19.8 Å². The van der Waals surface area contributed by atoms with E-state index in [9.17, 15) is 4.39 Å². The van der Waals surface area contributed by atoms with Crippen LogP contribution in [-0.2, 0) is 6.42 Å². The molecule has 3 rings (SSSR count). The van der Waals surface area contributed by atoms with Crippen molar-refractivity contribution in [3.63, 3.8) is 0 Å². The van der Waals surface area contributed by atoms with Crippen molar-refractivity contribution in [2.75, 3.05) is 11.0 Å². The molecule has 0 amide bonds. The Morgan fingerprint density at radius 1 is 1.20 bits per heavy atom. The monoisotopic (exact) mass is 383 g/mol. The maximum atomic E-state index is 13.7. The number of hydrogen-bond donors (Lipinski definition) is 1. The molecule has 1 aliphatic rings. The van der Waals surface area contributed by atoms with Gasteiger partial charge in [-0.1, -0.05) is 0 Å². The summed E-state index contributed by atoms with van der Waals surface area (Å²) in [5.74, 6) is 0.204. The first-order chi connectivity index (χ1) is 9.74. The van der Waals surface area contributed by atoms with Gasteiger partial charge in [-0.25, -0.2) is 0 Å². The van der Waals surface area contributed by atoms with E-state index in [4.69, 9.17) is 5.73 Å². The third-order valence-electron chi connectivity index (χ3n) is 3.87. The summed E-state index contributed by atoms with van der Waals surface area (Å²) in [6, 6.07) is 14.0. The zero-order valence-corrected chi connectivity index (χ0v) is 13.7. The summed E-state index contributed by atoms with van der Waals surface area (Å²) in [6.45, 7) is 2.86. The maximum absolute atomic E-state index is 13.7. The minimum absolute atomic E-state index is 0.116. The second-order valence-electron chi connectivity index (χ2n) is 5.02. The average molecular weight is 383 g/mol. The van der Waals surface area contributed by atoms with Gasteiger partial charge in [-0.05, 0) is 0 Å². The number of benzene rings is 2. The predicted molar refractivity (Wildman–Crippen MR) is 90.3 cm³/mol. The van der Waals surface area contributed by atoms with Crippen LogP contribution in [0, 0.1) is 13.0 Å². The first kappa shape index (κ1) is 14.0. The van der Waals surface area contributed by atoms with Crippen LogP contribution in [0.1, 0.15) is 24.0 Å². The topological polar surface area (TPSA) is 26.0 Å². The molecule has 0 radical (unpaired) electrons. The number of rotatable bonds is 2. The quantitative estimate of drug-likeness (QED) is 0.616. The van der Waals surface area contributed by atoms with Crippen LogP contribution in [0.15, 0.2) is 42.5 Å². The Kier molecular flexibility index (Phi) is 4.08. The van der Waals surface area contributed by atoms with Crippen molar-refractivity contribution in [1.82, 2.24) is 0 Å². The summed E-state index contributed by atoms with van der Waals surface area (Å²) < 4.78 is 17.6. The van der Waals surface area contributed by atoms with Gasteiger partial charge in [0.1, 0.15) is 0 Å². The van der Waals surface area contributed by atoms with E-state index in [-0.39, 0.29) is 5.82 Å². The summed E-state index contributed by atoms with van der Waals surface area (Å²) in [4.78, 5) is 0. The molecule has 0 fully saturated rings. The van der Waals surface area contributed by atoms with E-state index in [1.54, 1.807) is 12.1 Å². The van der Waals surface area contributed by atoms with Gasteiger partial charge in [0.05, 0.1) is 0 Å². The molecule has 106 valence electrons. The van der Waals surface area contributed by atoms with E-state index in [0.29, 0.717) is 12.5 Å². The number of hydrogen-bond acceptors (Lipinski definition) is 1. The second kappa shape index (κ2) is 5.82. The van der Waals surface area contributed by atoms with Gasteiger partial charge in [0, 0.05) is 0 Å². The fraction of sp³-hybridized carbons (Fsp3) is 0.294. The first-order valence-electron chi connectivity index (χ1n) is 6.97. The zero-order valence-electron chi connectivity index (χ0n) is 11.6. The van der Waals surface area contributed by atoms with Crippen LogP contribution in [0.2, 0.25) is 0 Å². The van der Waals surface area contributed by atoms with E-state index in [1.165, 1.54) is 18.3 Å². The van der Waals surface area contributed by atoms with Crippen LogP contribution < -0.4 is 5.73 Å². The van der Waals surface area contributed by atoms with E-state index < -0.39 is 19.8 Å². The Bertz CT molecular complexity index is 626. The van der Waals surface area contributed by atoms with Gasteiger partial charge in [-0.3, -0.25) is 0 Å². The molecule has 0 bridgehead atoms. The van der Waals surface area contributed by atoms with E-state index >= 15 is 0 Å². The Morgan fingerprint density at radius 3 is 2.75 bits per heavy atom. The molecule has 1 unspecified atom stereocenters. The molecule has 3 heteroatoms. The van der Waals surface area contributed by atoms with E-state index in [0.717, 1.165) is 10.8 Å². The Labute approximate surface area is 126 Å². The van der Waals surface area contributed by atoms with Crippen LogP contribution in [0.4, 0.5) is 4.39 Å². The number of halogens is 2. The zero-order chi connectivity index (χ0) is 14.1. The van der Waals surface area contributed by atoms with E-state index in [1.807, 2.05) is 6.07 Å². The average Bonchev–Trinajstić information content (AvgIpc) is 2.60. The summed E-state index contributed by atoms with van der Waals surface area (Å²) in [5, 5.41) is 0. The molecule has 0 saturated carbocycles. The third-order valence-corrected chi connectivity index (χ3v) is 10.2. The molecule has 20 heavy (non-hydrogen) atoms. The fourth-order valence-corrected chi connectivity index (χ4v) is 9.09. The number of fused-ring (bicyclic) bond motifs is 2. The molecular weight excluding hydrogens is 364 g/mol. The fourth-order valence-electron chi connectivity index (χ4n) is 2.90. The van der Waals surface area contributed by atoms with Gasteiger partial charge in [0.2, 0.25) is 0 Å². The number of nitrogens with two attached hydrogens (primary N) is 1. The Balaban J connectivity index is 2.24. The first-order valence-corrected chi connectivity index (χ1v) is 10.7. The molecule has 1 aliphatic heterocycles. The normalized spacial score (nSPS) is 19.1. The molecular formula is C17H19FIN. The molecule has 1 nitrogen and oxygen atoms in total. The summed E-state index contributed by atoms with van der Waals surface area (Å²) in [5.41, 5.74) is 8.71. The van der Waals surface area contributed by atoms with Gasteiger partial charge in [0.25, 0.3) is 0 Å². The predicted octanol–water partition coefficient (Wildman–Crippen LogP) is 3.99. The van der Waals surface area contributed by atoms with Crippen molar-refractivity contribution >= 4 is 19.8 Å². The van der Waals surface area contributed by atoms with E-state index in [2.05, 4.69) is 31.2 Å². The molecule has 2 aromatic rings. The number of alkyl halides is 1. The Morgan fingerprint density at radius 2 is 2.00 bits per heavy atom. The minimum atomic E-state index is -1.53. The van der Waals surface area contributed by atoms with Crippen molar-refractivity contribution in [2.45, 2.75) is 19.3 Å². The van der Waals surface area contributed by atoms with Crippen molar-refractivity contribution in [3.05, 3.63) is 66.5 Å².